The summed E-state index contributed by atoms with van der Waals surface area (Å²) >= 11 is 1.54. The van der Waals surface area contributed by atoms with E-state index in [1.54, 1.807) is 0 Å². The lowest BCUT2D eigenvalue weighted by molar-refractivity contribution is 0.489. The van der Waals surface area contributed by atoms with E-state index in [0.717, 1.165) is 5.56 Å². The van der Waals surface area contributed by atoms with Crippen LogP contribution in [0.5, 0.6) is 0 Å². The van der Waals surface area contributed by atoms with Gasteiger partial charge in [-0.15, -0.1) is 0 Å². The van der Waals surface area contributed by atoms with Gasteiger partial charge in [0.05, 0.1) is 17.6 Å². The molecule has 0 aliphatic heterocycles. The van der Waals surface area contributed by atoms with Gasteiger partial charge in [-0.25, -0.2) is 6.57 Å². The average molecular weight is 229 g/mol. The minimum absolute atomic E-state index is 0.328. The number of thiophene rings is 1. The zero-order valence-electron chi connectivity index (χ0n) is 8.81. The molecular weight excluding hydrogens is 218 g/mol. The number of rotatable bonds is 5. The largest absolute Gasteiger partial charge is 0.317 e. The summed E-state index contributed by atoms with van der Waals surface area (Å²) in [6.45, 7) is 7.14. The third-order valence-corrected chi connectivity index (χ3v) is 3.28. The Kier molecular flexibility index (Phi) is 4.52. The van der Waals surface area contributed by atoms with Crippen molar-refractivity contribution in [1.82, 2.24) is 0 Å². The van der Waals surface area contributed by atoms with Crippen LogP contribution in [0.25, 0.3) is 4.85 Å². The Morgan fingerprint density at radius 3 is 2.75 bits per heavy atom. The monoisotopic (exact) mass is 229 g/mol. The fourth-order valence-corrected chi connectivity index (χ4v) is 2.40. The van der Waals surface area contributed by atoms with E-state index in [-0.39, 0.29) is 0 Å². The molecule has 0 bridgehead atoms. The minimum Gasteiger partial charge on any atom is -0.317 e. The van der Waals surface area contributed by atoms with Crippen molar-refractivity contribution in [2.75, 3.05) is 6.54 Å². The summed E-state index contributed by atoms with van der Waals surface area (Å²) in [6, 6.07) is 6.28. The third kappa shape index (κ3) is 2.60. The van der Waals surface area contributed by atoms with Crippen LogP contribution in [0, 0.1) is 29.2 Å². The van der Waals surface area contributed by atoms with Gasteiger partial charge in [0.1, 0.15) is 0 Å². The van der Waals surface area contributed by atoms with E-state index in [0.29, 0.717) is 25.8 Å². The normalized spacial score (nSPS) is 13.1. The van der Waals surface area contributed by atoms with E-state index >= 15 is 0 Å². The molecule has 0 aliphatic rings. The summed E-state index contributed by atoms with van der Waals surface area (Å²) in [5.41, 5.74) is 0.291. The summed E-state index contributed by atoms with van der Waals surface area (Å²) in [4.78, 5) is 3.31. The lowest BCUT2D eigenvalue weighted by Gasteiger charge is -2.22. The zero-order valence-corrected chi connectivity index (χ0v) is 9.63. The molecule has 1 unspecified atom stereocenters. The van der Waals surface area contributed by atoms with Gasteiger partial charge in [-0.05, 0) is 28.8 Å². The van der Waals surface area contributed by atoms with Gasteiger partial charge in [-0.3, -0.25) is 0 Å². The Bertz CT molecular complexity index is 424. The SMILES string of the molecule is [C-]#[N+]CCC(C#N)(CCC#N)c1ccsc1. The fourth-order valence-electron chi connectivity index (χ4n) is 1.64. The van der Waals surface area contributed by atoms with Crippen molar-refractivity contribution in [3.63, 3.8) is 0 Å². The van der Waals surface area contributed by atoms with Gasteiger partial charge >= 0.3 is 0 Å². The molecule has 0 aromatic carbocycles. The maximum Gasteiger partial charge on any atom is 0.216 e. The summed E-state index contributed by atoms with van der Waals surface area (Å²) < 4.78 is 0. The average Bonchev–Trinajstić information content (AvgIpc) is 2.84. The van der Waals surface area contributed by atoms with Crippen molar-refractivity contribution in [3.05, 3.63) is 33.8 Å². The van der Waals surface area contributed by atoms with E-state index in [9.17, 15) is 5.26 Å². The molecule has 0 fully saturated rings. The van der Waals surface area contributed by atoms with Crippen LogP contribution in [0.2, 0.25) is 0 Å². The van der Waals surface area contributed by atoms with Crippen LogP contribution in [0.1, 0.15) is 24.8 Å². The highest BCUT2D eigenvalue weighted by atomic mass is 32.1. The Morgan fingerprint density at radius 2 is 2.25 bits per heavy atom. The molecule has 1 aromatic rings. The molecular formula is C12H11N3S. The Hall–Kier alpha value is -1.83. The zero-order chi connectivity index (χ0) is 11.9. The molecule has 0 saturated heterocycles. The highest BCUT2D eigenvalue weighted by Gasteiger charge is 2.33. The van der Waals surface area contributed by atoms with Crippen molar-refractivity contribution >= 4 is 11.3 Å². The number of hydrogen-bond acceptors (Lipinski definition) is 3. The van der Waals surface area contributed by atoms with Crippen molar-refractivity contribution in [2.45, 2.75) is 24.7 Å². The quantitative estimate of drug-likeness (QED) is 0.728. The van der Waals surface area contributed by atoms with Gasteiger partial charge in [-0.2, -0.15) is 21.9 Å². The molecule has 1 aromatic heterocycles. The van der Waals surface area contributed by atoms with E-state index in [2.05, 4.69) is 17.0 Å². The van der Waals surface area contributed by atoms with Gasteiger partial charge in [0.2, 0.25) is 6.54 Å². The first-order chi connectivity index (χ1) is 7.79. The van der Waals surface area contributed by atoms with E-state index in [4.69, 9.17) is 11.8 Å². The second kappa shape index (κ2) is 5.91. The van der Waals surface area contributed by atoms with Gasteiger partial charge in [-0.1, -0.05) is 0 Å². The lowest BCUT2D eigenvalue weighted by Crippen LogP contribution is -2.24. The van der Waals surface area contributed by atoms with Crippen LogP contribution >= 0.6 is 11.3 Å². The molecule has 0 radical (unpaired) electrons. The molecule has 16 heavy (non-hydrogen) atoms. The molecule has 1 rings (SSSR count). The molecule has 1 atom stereocenters. The molecule has 4 heteroatoms. The summed E-state index contributed by atoms with van der Waals surface area (Å²) in [5.74, 6) is 0. The second-order valence-corrected chi connectivity index (χ2v) is 4.28. The van der Waals surface area contributed by atoms with Gasteiger partial charge in [0.25, 0.3) is 0 Å². The van der Waals surface area contributed by atoms with Gasteiger partial charge in [0, 0.05) is 12.8 Å². The minimum atomic E-state index is -0.652. The predicted octanol–water partition coefficient (Wildman–Crippen LogP) is 3.12. The molecule has 0 saturated carbocycles. The van der Waals surface area contributed by atoms with Crippen LogP contribution in [-0.4, -0.2) is 6.54 Å². The van der Waals surface area contributed by atoms with E-state index in [1.807, 2.05) is 16.8 Å². The van der Waals surface area contributed by atoms with Crippen LogP contribution < -0.4 is 0 Å². The number of hydrogen-bond donors (Lipinski definition) is 0. The molecule has 3 nitrogen and oxygen atoms in total. The Balaban J connectivity index is 2.96. The Morgan fingerprint density at radius 1 is 1.44 bits per heavy atom. The molecule has 0 N–H and O–H groups in total. The highest BCUT2D eigenvalue weighted by molar-refractivity contribution is 7.08. The summed E-state index contributed by atoms with van der Waals surface area (Å²) in [5, 5.41) is 21.8. The van der Waals surface area contributed by atoms with Crippen molar-refractivity contribution in [2.24, 2.45) is 0 Å². The smallest absolute Gasteiger partial charge is 0.216 e. The lowest BCUT2D eigenvalue weighted by atomic mass is 9.76. The standard InChI is InChI=1S/C12H11N3S/c1-15-7-5-12(10-14,4-2-6-13)11-3-8-16-9-11/h3,8-9H,2,4-5,7H2. The van der Waals surface area contributed by atoms with E-state index < -0.39 is 5.41 Å². The van der Waals surface area contributed by atoms with Crippen molar-refractivity contribution in [1.29, 1.82) is 10.5 Å². The first-order valence-electron chi connectivity index (χ1n) is 4.93. The predicted molar refractivity (Wildman–Crippen MR) is 62.5 cm³/mol. The molecule has 0 spiro atoms. The van der Waals surface area contributed by atoms with Crippen molar-refractivity contribution in [3.8, 4) is 12.1 Å². The topological polar surface area (TPSA) is 51.9 Å². The highest BCUT2D eigenvalue weighted by Crippen LogP contribution is 2.33. The summed E-state index contributed by atoms with van der Waals surface area (Å²) in [6.07, 6.45) is 1.36. The van der Waals surface area contributed by atoms with E-state index in [1.165, 1.54) is 11.3 Å². The fraction of sp³-hybridized carbons (Fsp3) is 0.417. The number of nitriles is 2. The third-order valence-electron chi connectivity index (χ3n) is 2.60. The van der Waals surface area contributed by atoms with Crippen LogP contribution in [0.3, 0.4) is 0 Å². The first kappa shape index (κ1) is 12.2. The maximum absolute atomic E-state index is 9.34. The molecule has 1 heterocycles. The van der Waals surface area contributed by atoms with Crippen molar-refractivity contribution < 1.29 is 0 Å². The van der Waals surface area contributed by atoms with Crippen LogP contribution in [-0.2, 0) is 5.41 Å². The summed E-state index contributed by atoms with van der Waals surface area (Å²) in [7, 11) is 0. The molecule has 0 amide bonds. The second-order valence-electron chi connectivity index (χ2n) is 3.50. The van der Waals surface area contributed by atoms with Crippen LogP contribution in [0.15, 0.2) is 16.8 Å². The number of nitrogens with zero attached hydrogens (tertiary/aromatic N) is 3. The first-order valence-corrected chi connectivity index (χ1v) is 5.87. The molecule has 80 valence electrons. The van der Waals surface area contributed by atoms with Crippen LogP contribution in [0.4, 0.5) is 0 Å². The Labute approximate surface area is 99.4 Å². The molecule has 0 aliphatic carbocycles. The van der Waals surface area contributed by atoms with Gasteiger partial charge in [0.15, 0.2) is 0 Å². The maximum atomic E-state index is 9.34. The van der Waals surface area contributed by atoms with Gasteiger partial charge < -0.3 is 4.85 Å².